The van der Waals surface area contributed by atoms with E-state index in [9.17, 15) is 18.4 Å². The minimum Gasteiger partial charge on any atom is -0.466 e. The van der Waals surface area contributed by atoms with Crippen LogP contribution in [0.1, 0.15) is 36.5 Å². The van der Waals surface area contributed by atoms with Gasteiger partial charge in [0, 0.05) is 6.42 Å². The molecule has 0 aliphatic heterocycles. The summed E-state index contributed by atoms with van der Waals surface area (Å²) >= 11 is 0. The number of Topliss-reactive ketones (excluding diaryl/α,β-unsaturated/α-hetero) is 1. The van der Waals surface area contributed by atoms with Gasteiger partial charge in [-0.2, -0.15) is 0 Å². The van der Waals surface area contributed by atoms with Gasteiger partial charge in [-0.05, 0) is 18.6 Å². The van der Waals surface area contributed by atoms with Gasteiger partial charge in [0.15, 0.2) is 5.78 Å². The van der Waals surface area contributed by atoms with E-state index in [0.717, 1.165) is 12.1 Å². The maximum atomic E-state index is 13.3. The van der Waals surface area contributed by atoms with Gasteiger partial charge in [-0.25, -0.2) is 8.78 Å². The fraction of sp³-hybridized carbons (Fsp3) is 0.385. The molecule has 0 unspecified atom stereocenters. The van der Waals surface area contributed by atoms with Crippen LogP contribution < -0.4 is 0 Å². The molecule has 0 radical (unpaired) electrons. The van der Waals surface area contributed by atoms with Gasteiger partial charge in [0.25, 0.3) is 0 Å². The molecule has 3 nitrogen and oxygen atoms in total. The Bertz CT molecular complexity index is 424. The van der Waals surface area contributed by atoms with Gasteiger partial charge in [-0.15, -0.1) is 0 Å². The predicted octanol–water partition coefficient (Wildman–Crippen LogP) is 2.88. The molecule has 0 saturated heterocycles. The smallest absolute Gasteiger partial charge is 0.306 e. The highest BCUT2D eigenvalue weighted by atomic mass is 19.1. The molecule has 0 saturated carbocycles. The van der Waals surface area contributed by atoms with Crippen molar-refractivity contribution in [1.82, 2.24) is 0 Å². The molecule has 0 fully saturated rings. The Morgan fingerprint density at radius 3 is 2.33 bits per heavy atom. The monoisotopic (exact) mass is 256 g/mol. The Morgan fingerprint density at radius 2 is 1.78 bits per heavy atom. The second kappa shape index (κ2) is 6.83. The van der Waals surface area contributed by atoms with Crippen molar-refractivity contribution < 1.29 is 23.1 Å². The molecule has 0 bridgehead atoms. The summed E-state index contributed by atoms with van der Waals surface area (Å²) in [5.41, 5.74) is -0.596. The first-order valence-electron chi connectivity index (χ1n) is 5.69. The van der Waals surface area contributed by atoms with Gasteiger partial charge in [-0.3, -0.25) is 9.59 Å². The zero-order valence-corrected chi connectivity index (χ0v) is 10.0. The summed E-state index contributed by atoms with van der Waals surface area (Å²) in [5.74, 6) is -3.11. The second-order valence-corrected chi connectivity index (χ2v) is 3.74. The molecule has 0 amide bonds. The van der Waals surface area contributed by atoms with Crippen LogP contribution in [0.3, 0.4) is 0 Å². The van der Waals surface area contributed by atoms with Gasteiger partial charge >= 0.3 is 5.97 Å². The third-order valence-corrected chi connectivity index (χ3v) is 2.26. The van der Waals surface area contributed by atoms with E-state index in [1.54, 1.807) is 0 Å². The van der Waals surface area contributed by atoms with Gasteiger partial charge in [0.05, 0.1) is 18.6 Å². The topological polar surface area (TPSA) is 43.4 Å². The van der Waals surface area contributed by atoms with E-state index in [0.29, 0.717) is 6.42 Å². The van der Waals surface area contributed by atoms with Crippen molar-refractivity contribution in [3.05, 3.63) is 35.4 Å². The highest BCUT2D eigenvalue weighted by Crippen LogP contribution is 2.15. The zero-order valence-electron chi connectivity index (χ0n) is 10.0. The quantitative estimate of drug-likeness (QED) is 0.580. The zero-order chi connectivity index (χ0) is 13.5. The van der Waals surface area contributed by atoms with Crippen molar-refractivity contribution in [2.75, 3.05) is 6.61 Å². The molecule has 1 aromatic carbocycles. The van der Waals surface area contributed by atoms with Crippen LogP contribution in [0.15, 0.2) is 18.2 Å². The largest absolute Gasteiger partial charge is 0.466 e. The normalized spacial score (nSPS) is 10.2. The third kappa shape index (κ3) is 3.91. The average Bonchev–Trinajstić information content (AvgIpc) is 2.33. The van der Waals surface area contributed by atoms with Gasteiger partial charge in [0.1, 0.15) is 11.6 Å². The Morgan fingerprint density at radius 1 is 1.17 bits per heavy atom. The van der Waals surface area contributed by atoms with Crippen molar-refractivity contribution in [2.24, 2.45) is 0 Å². The number of hydrogen-bond acceptors (Lipinski definition) is 3. The number of carbonyl (C=O) groups excluding carboxylic acids is 2. The highest BCUT2D eigenvalue weighted by molar-refractivity contribution is 5.98. The van der Waals surface area contributed by atoms with Crippen molar-refractivity contribution in [3.8, 4) is 0 Å². The molecule has 0 aliphatic rings. The minimum atomic E-state index is -0.915. The third-order valence-electron chi connectivity index (χ3n) is 2.26. The lowest BCUT2D eigenvalue weighted by molar-refractivity contribution is -0.143. The van der Waals surface area contributed by atoms with E-state index in [2.05, 4.69) is 0 Å². The van der Waals surface area contributed by atoms with Crippen LogP contribution >= 0.6 is 0 Å². The maximum absolute atomic E-state index is 13.3. The first-order chi connectivity index (χ1) is 8.56. The summed E-state index contributed by atoms with van der Waals surface area (Å²) in [6.07, 6.45) is 0.245. The number of hydrogen-bond donors (Lipinski definition) is 0. The molecule has 0 heterocycles. The Labute approximate surface area is 104 Å². The van der Waals surface area contributed by atoms with Crippen molar-refractivity contribution in [1.29, 1.82) is 0 Å². The van der Waals surface area contributed by atoms with Crippen LogP contribution in [-0.2, 0) is 9.53 Å². The molecule has 0 spiro atoms. The van der Waals surface area contributed by atoms with Gasteiger partial charge in [-0.1, -0.05) is 13.0 Å². The number of rotatable bonds is 6. The van der Waals surface area contributed by atoms with Crippen LogP contribution in [0.5, 0.6) is 0 Å². The fourth-order valence-electron chi connectivity index (χ4n) is 1.39. The van der Waals surface area contributed by atoms with E-state index in [1.165, 1.54) is 6.07 Å². The van der Waals surface area contributed by atoms with Crippen molar-refractivity contribution >= 4 is 11.8 Å². The molecular formula is C13H14F2O3. The van der Waals surface area contributed by atoms with E-state index in [4.69, 9.17) is 4.74 Å². The maximum Gasteiger partial charge on any atom is 0.306 e. The minimum absolute atomic E-state index is 0.174. The van der Waals surface area contributed by atoms with Crippen LogP contribution in [0.2, 0.25) is 0 Å². The molecule has 0 atom stereocenters. The second-order valence-electron chi connectivity index (χ2n) is 3.74. The first kappa shape index (κ1) is 14.3. The number of carbonyl (C=O) groups is 2. The van der Waals surface area contributed by atoms with Crippen LogP contribution in [0, 0.1) is 11.6 Å². The highest BCUT2D eigenvalue weighted by Gasteiger charge is 2.18. The van der Waals surface area contributed by atoms with E-state index < -0.39 is 29.0 Å². The lowest BCUT2D eigenvalue weighted by Gasteiger charge is -2.04. The van der Waals surface area contributed by atoms with Gasteiger partial charge < -0.3 is 4.74 Å². The fourth-order valence-corrected chi connectivity index (χ4v) is 1.39. The van der Waals surface area contributed by atoms with E-state index in [1.807, 2.05) is 6.92 Å². The van der Waals surface area contributed by atoms with E-state index >= 15 is 0 Å². The number of ether oxygens (including phenoxy) is 1. The van der Waals surface area contributed by atoms with Crippen LogP contribution in [-0.4, -0.2) is 18.4 Å². The van der Waals surface area contributed by atoms with Gasteiger partial charge in [0.2, 0.25) is 0 Å². The first-order valence-corrected chi connectivity index (χ1v) is 5.69. The standard InChI is InChI=1S/C13H14F2O3/c1-2-8-18-12(17)7-6-11(16)13-9(14)4-3-5-10(13)15/h3-5H,2,6-8H2,1H3. The Hall–Kier alpha value is -1.78. The lowest BCUT2D eigenvalue weighted by Crippen LogP contribution is -2.11. The summed E-state index contributed by atoms with van der Waals surface area (Å²) in [6.45, 7) is 2.12. The Kier molecular flexibility index (Phi) is 5.42. The molecule has 18 heavy (non-hydrogen) atoms. The number of ketones is 1. The summed E-state index contributed by atoms with van der Waals surface area (Å²) in [6, 6.07) is 3.19. The summed E-state index contributed by atoms with van der Waals surface area (Å²) in [4.78, 5) is 22.7. The molecule has 1 rings (SSSR count). The summed E-state index contributed by atoms with van der Waals surface area (Å²) in [5, 5.41) is 0. The molecule has 98 valence electrons. The SMILES string of the molecule is CCCOC(=O)CCC(=O)c1c(F)cccc1F. The molecule has 0 N–H and O–H groups in total. The number of halogens is 2. The molecule has 0 aliphatic carbocycles. The van der Waals surface area contributed by atoms with E-state index in [-0.39, 0.29) is 19.4 Å². The summed E-state index contributed by atoms with van der Waals surface area (Å²) in [7, 11) is 0. The Balaban J connectivity index is 2.58. The molecule has 1 aromatic rings. The lowest BCUT2D eigenvalue weighted by atomic mass is 10.1. The van der Waals surface area contributed by atoms with Crippen molar-refractivity contribution in [2.45, 2.75) is 26.2 Å². The predicted molar refractivity (Wildman–Crippen MR) is 61.2 cm³/mol. The summed E-state index contributed by atoms with van der Waals surface area (Å²) < 4.78 is 31.3. The van der Waals surface area contributed by atoms with Crippen molar-refractivity contribution in [3.63, 3.8) is 0 Å². The van der Waals surface area contributed by atoms with Crippen LogP contribution in [0.4, 0.5) is 8.78 Å². The molecular weight excluding hydrogens is 242 g/mol. The molecule has 5 heteroatoms. The average molecular weight is 256 g/mol. The number of benzene rings is 1. The van der Waals surface area contributed by atoms with Crippen LogP contribution in [0.25, 0.3) is 0 Å². The molecule has 0 aromatic heterocycles. The number of esters is 1.